The van der Waals surface area contributed by atoms with Gasteiger partial charge in [0.25, 0.3) is 0 Å². The molecule has 7 heteroatoms. The van der Waals surface area contributed by atoms with Crippen LogP contribution in [-0.4, -0.2) is 33.7 Å². The number of fused-ring (bicyclic) bond motifs is 12. The molecule has 0 aliphatic heterocycles. The molecule has 0 radical (unpaired) electrons. The lowest BCUT2D eigenvalue weighted by Gasteiger charge is -2.22. The van der Waals surface area contributed by atoms with Crippen LogP contribution in [-0.2, 0) is 32.5 Å². The normalized spacial score (nSPS) is 15.2. The second kappa shape index (κ2) is 23.2. The molecule has 0 saturated heterocycles. The largest absolute Gasteiger partial charge is 0.279 e. The van der Waals surface area contributed by atoms with E-state index in [1.54, 1.807) is 0 Å². The van der Waals surface area contributed by atoms with Crippen LogP contribution in [0.4, 0.5) is 0 Å². The van der Waals surface area contributed by atoms with Crippen molar-refractivity contribution in [2.75, 3.05) is 0 Å². The molecule has 0 N–H and O–H groups in total. The van der Waals surface area contributed by atoms with Crippen LogP contribution < -0.4 is 0 Å². The minimum atomic E-state index is -0.288. The van der Waals surface area contributed by atoms with Crippen LogP contribution in [0.2, 0.25) is 0 Å². The lowest BCUT2D eigenvalue weighted by Crippen LogP contribution is -2.19. The Morgan fingerprint density at radius 3 is 1.03 bits per heavy atom. The van der Waals surface area contributed by atoms with Crippen molar-refractivity contribution in [3.8, 4) is 100 Å². The molecule has 0 bridgehead atoms. The summed E-state index contributed by atoms with van der Waals surface area (Å²) in [6.07, 6.45) is 4.12. The summed E-state index contributed by atoms with van der Waals surface area (Å²) < 4.78 is 4.71. The number of benzene rings is 11. The van der Waals surface area contributed by atoms with Crippen LogP contribution in [0.5, 0.6) is 0 Å². The second-order valence-corrected chi connectivity index (χ2v) is 34.4. The van der Waals surface area contributed by atoms with Crippen molar-refractivity contribution < 1.29 is 0 Å². The van der Waals surface area contributed by atoms with Crippen LogP contribution in [0.3, 0.4) is 0 Å². The van der Waals surface area contributed by atoms with Crippen molar-refractivity contribution in [2.45, 2.75) is 142 Å². The van der Waals surface area contributed by atoms with Crippen molar-refractivity contribution >= 4 is 55.2 Å². The lowest BCUT2D eigenvalue weighted by molar-refractivity contribution is 0.403. The topological polar surface area (TPSA) is 73.3 Å². The Bertz CT molecular complexity index is 5950. The summed E-state index contributed by atoms with van der Waals surface area (Å²) in [5.41, 5.74) is 33.3. The molecular weight excluding hydrogens is 1260 g/mol. The Kier molecular flexibility index (Phi) is 14.5. The zero-order valence-corrected chi connectivity index (χ0v) is 62.2. The van der Waals surface area contributed by atoms with Gasteiger partial charge in [-0.3, -0.25) is 13.8 Å². The van der Waals surface area contributed by atoms with Gasteiger partial charge in [-0.2, -0.15) is 0 Å². The number of hydrogen-bond donors (Lipinski definition) is 0. The fourth-order valence-corrected chi connectivity index (χ4v) is 18.3. The summed E-state index contributed by atoms with van der Waals surface area (Å²) in [7, 11) is 0. The van der Waals surface area contributed by atoms with E-state index in [9.17, 15) is 0 Å². The fraction of sp³-hybridized carbons (Fsp3) is 0.227. The fourth-order valence-electron chi connectivity index (χ4n) is 18.3. The first-order chi connectivity index (χ1) is 49.7. The third-order valence-electron chi connectivity index (χ3n) is 22.8. The Balaban J connectivity index is 0.781. The molecule has 16 aromatic rings. The van der Waals surface area contributed by atoms with Crippen molar-refractivity contribution in [3.05, 3.63) is 283 Å². The summed E-state index contributed by atoms with van der Waals surface area (Å²) in [6, 6.07) is 89.9. The lowest BCUT2D eigenvalue weighted by atomic mass is 9.82. The molecule has 5 aromatic heterocycles. The number of imidazole rings is 2. The molecule has 11 aromatic carbocycles. The SMILES string of the molecule is CC(C)(C)c1nc2cc(-c3ccccc3-c3cc(-c4ccccc4-c4ccc(-c5cc(-c6ccc(-c7ccccc7)cc6)ccn5)cc4)cc(-c4ccccc4-c4ccc5c(c4)nc(C(C)(C)C)n4c6cc7c(cc6nc54)C(C)(C)CC7(C)C)c3)ccc2c2nc3cc4c(cc3n12)C(C)(C)CC4(C)C. The average molecular weight is 1350 g/mol. The molecule has 18 rings (SSSR count). The molecule has 510 valence electrons. The summed E-state index contributed by atoms with van der Waals surface area (Å²) in [5.74, 6) is 1.99. The van der Waals surface area contributed by atoms with E-state index in [2.05, 4.69) is 348 Å². The van der Waals surface area contributed by atoms with Gasteiger partial charge in [-0.1, -0.05) is 261 Å². The minimum absolute atomic E-state index is 0.0459. The highest BCUT2D eigenvalue weighted by Gasteiger charge is 2.44. The monoisotopic (exact) mass is 1350 g/mol. The Labute approximate surface area is 610 Å². The highest BCUT2D eigenvalue weighted by molar-refractivity contribution is 6.03. The summed E-state index contributed by atoms with van der Waals surface area (Å²) in [4.78, 5) is 27.3. The Morgan fingerprint density at radius 2 is 0.615 bits per heavy atom. The summed E-state index contributed by atoms with van der Waals surface area (Å²) in [6.45, 7) is 32.8. The van der Waals surface area contributed by atoms with Crippen LogP contribution in [0.25, 0.3) is 155 Å². The minimum Gasteiger partial charge on any atom is -0.279 e. The van der Waals surface area contributed by atoms with Crippen molar-refractivity contribution in [3.63, 3.8) is 0 Å². The molecule has 0 amide bonds. The molecule has 7 nitrogen and oxygen atoms in total. The molecule has 0 fully saturated rings. The van der Waals surface area contributed by atoms with Gasteiger partial charge in [-0.15, -0.1) is 0 Å². The maximum absolute atomic E-state index is 5.67. The summed E-state index contributed by atoms with van der Waals surface area (Å²) >= 11 is 0. The van der Waals surface area contributed by atoms with Crippen molar-refractivity contribution in [1.82, 2.24) is 33.7 Å². The molecule has 2 aliphatic carbocycles. The van der Waals surface area contributed by atoms with E-state index < -0.39 is 0 Å². The van der Waals surface area contributed by atoms with E-state index in [4.69, 9.17) is 24.9 Å². The average Bonchev–Trinajstić information content (AvgIpc) is 1.55. The predicted molar refractivity (Wildman–Crippen MR) is 435 cm³/mol. The molecule has 0 unspecified atom stereocenters. The first kappa shape index (κ1) is 64.9. The first-order valence-corrected chi connectivity index (χ1v) is 37.0. The molecule has 0 atom stereocenters. The van der Waals surface area contributed by atoms with Crippen molar-refractivity contribution in [1.29, 1.82) is 0 Å². The van der Waals surface area contributed by atoms with E-state index >= 15 is 0 Å². The van der Waals surface area contributed by atoms with E-state index in [1.807, 2.05) is 6.20 Å². The predicted octanol–water partition coefficient (Wildman–Crippen LogP) is 25.3. The smallest absolute Gasteiger partial charge is 0.148 e. The molecular formula is C97H87N7. The summed E-state index contributed by atoms with van der Waals surface area (Å²) in [5, 5.41) is 2.07. The first-order valence-electron chi connectivity index (χ1n) is 37.0. The highest BCUT2D eigenvalue weighted by Crippen LogP contribution is 2.53. The third kappa shape index (κ3) is 10.7. The number of hydrogen-bond acceptors (Lipinski definition) is 5. The zero-order valence-electron chi connectivity index (χ0n) is 62.2. The quantitative estimate of drug-likeness (QED) is 0.144. The van der Waals surface area contributed by atoms with Crippen LogP contribution >= 0.6 is 0 Å². The Morgan fingerprint density at radius 1 is 0.279 bits per heavy atom. The molecule has 0 spiro atoms. The molecule has 104 heavy (non-hydrogen) atoms. The van der Waals surface area contributed by atoms with Gasteiger partial charge in [0, 0.05) is 33.4 Å². The van der Waals surface area contributed by atoms with Gasteiger partial charge in [-0.25, -0.2) is 19.9 Å². The van der Waals surface area contributed by atoms with Gasteiger partial charge in [0.2, 0.25) is 0 Å². The number of nitrogens with zero attached hydrogens (tertiary/aromatic N) is 7. The van der Waals surface area contributed by atoms with Gasteiger partial charge in [0.1, 0.15) is 22.9 Å². The number of pyridine rings is 1. The second-order valence-electron chi connectivity index (χ2n) is 34.4. The van der Waals surface area contributed by atoms with E-state index in [0.717, 1.165) is 169 Å². The zero-order chi connectivity index (χ0) is 71.7. The van der Waals surface area contributed by atoms with Crippen LogP contribution in [0, 0.1) is 0 Å². The maximum atomic E-state index is 5.67. The van der Waals surface area contributed by atoms with Gasteiger partial charge in [-0.05, 0) is 225 Å². The number of rotatable bonds is 9. The van der Waals surface area contributed by atoms with E-state index in [-0.39, 0.29) is 32.5 Å². The molecule has 0 saturated carbocycles. The van der Waals surface area contributed by atoms with Gasteiger partial charge in [0.05, 0.1) is 38.8 Å². The molecule has 5 heterocycles. The van der Waals surface area contributed by atoms with Crippen LogP contribution in [0.1, 0.15) is 144 Å². The van der Waals surface area contributed by atoms with E-state index in [1.165, 1.54) is 33.4 Å². The molecule has 2 aliphatic rings. The van der Waals surface area contributed by atoms with Crippen molar-refractivity contribution in [2.24, 2.45) is 0 Å². The maximum Gasteiger partial charge on any atom is 0.148 e. The van der Waals surface area contributed by atoms with Gasteiger partial charge >= 0.3 is 0 Å². The van der Waals surface area contributed by atoms with Gasteiger partial charge < -0.3 is 0 Å². The standard InChI is InChI=1S/C97H87N7/c1-92(2,3)90-101-82-50-64(40-42-75(82)88-99-84-52-77-79(54-86(84)103(88)90)96(11,12)56-94(77,7)8)70-27-19-22-30-73(70)67-46-66(72-29-21-18-26-69(72)61-36-38-62(39-37-61)81-49-63(44-45-98-81)60-34-32-59(33-35-60)58-24-16-15-17-25-58)47-68(48-67)74-31-23-20-28-71(74)65-41-43-76-83(51-65)102-91(93(4,5)6)104-87-55-80-78(53-85(87)100-89(76)104)95(9,10)57-97(80,13)14/h15-55H,56-57H2,1-14H3. The number of aromatic nitrogens is 7. The highest BCUT2D eigenvalue weighted by atomic mass is 15.1. The van der Waals surface area contributed by atoms with Crippen LogP contribution in [0.15, 0.2) is 249 Å². The van der Waals surface area contributed by atoms with E-state index in [0.29, 0.717) is 0 Å². The Hall–Kier alpha value is -11.2. The third-order valence-corrected chi connectivity index (χ3v) is 22.8. The van der Waals surface area contributed by atoms with Gasteiger partial charge in [0.15, 0.2) is 0 Å².